The molecule has 0 aliphatic rings. The SMILES string of the molecule is CCCCCNCCCC(C)(C)C(N)=NO. The van der Waals surface area contributed by atoms with Gasteiger partial charge in [-0.05, 0) is 32.4 Å². The van der Waals surface area contributed by atoms with Gasteiger partial charge in [-0.2, -0.15) is 0 Å². The van der Waals surface area contributed by atoms with Crippen LogP contribution >= 0.6 is 0 Å². The number of oxime groups is 1. The molecule has 0 heterocycles. The first-order valence-corrected chi connectivity index (χ1v) is 6.23. The van der Waals surface area contributed by atoms with Crippen LogP contribution in [-0.2, 0) is 0 Å². The van der Waals surface area contributed by atoms with Crippen LogP contribution in [0, 0.1) is 5.41 Å². The summed E-state index contributed by atoms with van der Waals surface area (Å²) in [5.41, 5.74) is 5.40. The van der Waals surface area contributed by atoms with E-state index in [0.717, 1.165) is 25.9 Å². The van der Waals surface area contributed by atoms with Gasteiger partial charge in [-0.3, -0.25) is 0 Å². The molecule has 0 radical (unpaired) electrons. The maximum Gasteiger partial charge on any atom is 0.144 e. The van der Waals surface area contributed by atoms with Gasteiger partial charge in [-0.1, -0.05) is 38.8 Å². The van der Waals surface area contributed by atoms with Gasteiger partial charge in [0.25, 0.3) is 0 Å². The van der Waals surface area contributed by atoms with Crippen molar-refractivity contribution in [1.82, 2.24) is 5.32 Å². The first-order valence-electron chi connectivity index (χ1n) is 6.23. The van der Waals surface area contributed by atoms with Gasteiger partial charge in [-0.25, -0.2) is 0 Å². The van der Waals surface area contributed by atoms with E-state index in [4.69, 9.17) is 10.9 Å². The number of amidine groups is 1. The molecule has 0 unspecified atom stereocenters. The van der Waals surface area contributed by atoms with Gasteiger partial charge in [0.1, 0.15) is 5.84 Å². The zero-order valence-electron chi connectivity index (χ0n) is 10.9. The molecule has 4 nitrogen and oxygen atoms in total. The fourth-order valence-electron chi connectivity index (χ4n) is 1.54. The Labute approximate surface area is 99.3 Å². The van der Waals surface area contributed by atoms with Crippen molar-refractivity contribution in [2.75, 3.05) is 13.1 Å². The highest BCUT2D eigenvalue weighted by Gasteiger charge is 2.22. The lowest BCUT2D eigenvalue weighted by Crippen LogP contribution is -2.32. The van der Waals surface area contributed by atoms with E-state index in [2.05, 4.69) is 17.4 Å². The average Bonchev–Trinajstić information content (AvgIpc) is 2.26. The topological polar surface area (TPSA) is 70.6 Å². The molecule has 0 saturated carbocycles. The number of nitrogens with two attached hydrogens (primary N) is 1. The van der Waals surface area contributed by atoms with E-state index in [-0.39, 0.29) is 5.41 Å². The van der Waals surface area contributed by atoms with Crippen molar-refractivity contribution in [3.8, 4) is 0 Å². The van der Waals surface area contributed by atoms with Crippen molar-refractivity contribution in [2.24, 2.45) is 16.3 Å². The van der Waals surface area contributed by atoms with Gasteiger partial charge in [-0.15, -0.1) is 0 Å². The molecule has 0 aromatic rings. The highest BCUT2D eigenvalue weighted by Crippen LogP contribution is 2.21. The summed E-state index contributed by atoms with van der Waals surface area (Å²) in [4.78, 5) is 0. The van der Waals surface area contributed by atoms with Crippen molar-refractivity contribution >= 4 is 5.84 Å². The monoisotopic (exact) mass is 229 g/mol. The van der Waals surface area contributed by atoms with Crippen LogP contribution in [0.1, 0.15) is 52.9 Å². The number of hydrogen-bond acceptors (Lipinski definition) is 3. The standard InChI is InChI=1S/C12H27N3O/c1-4-5-6-9-14-10-7-8-12(2,3)11(13)15-16/h14,16H,4-10H2,1-3H3,(H2,13,15). The summed E-state index contributed by atoms with van der Waals surface area (Å²) in [6.45, 7) is 8.31. The molecule has 16 heavy (non-hydrogen) atoms. The maximum atomic E-state index is 8.62. The van der Waals surface area contributed by atoms with Gasteiger partial charge >= 0.3 is 0 Å². The van der Waals surface area contributed by atoms with Crippen molar-refractivity contribution in [3.05, 3.63) is 0 Å². The quantitative estimate of drug-likeness (QED) is 0.187. The first kappa shape index (κ1) is 15.2. The van der Waals surface area contributed by atoms with Crippen molar-refractivity contribution < 1.29 is 5.21 Å². The second kappa shape index (κ2) is 8.39. The minimum atomic E-state index is -0.208. The summed E-state index contributed by atoms with van der Waals surface area (Å²) in [6, 6.07) is 0. The number of nitrogens with zero attached hydrogens (tertiary/aromatic N) is 1. The number of hydrogen-bond donors (Lipinski definition) is 3. The van der Waals surface area contributed by atoms with Crippen LogP contribution in [-0.4, -0.2) is 24.1 Å². The summed E-state index contributed by atoms with van der Waals surface area (Å²) >= 11 is 0. The number of nitrogens with one attached hydrogen (secondary N) is 1. The van der Waals surface area contributed by atoms with Crippen molar-refractivity contribution in [2.45, 2.75) is 52.9 Å². The molecule has 0 bridgehead atoms. The minimum Gasteiger partial charge on any atom is -0.409 e. The largest absolute Gasteiger partial charge is 0.409 e. The smallest absolute Gasteiger partial charge is 0.144 e. The molecular formula is C12H27N3O. The molecule has 0 aliphatic heterocycles. The third-order valence-electron chi connectivity index (χ3n) is 2.91. The Kier molecular flexibility index (Phi) is 7.99. The predicted molar refractivity (Wildman–Crippen MR) is 68.8 cm³/mol. The zero-order chi connectivity index (χ0) is 12.4. The molecule has 4 N–H and O–H groups in total. The summed E-state index contributed by atoms with van der Waals surface area (Å²) in [5, 5.41) is 15.1. The summed E-state index contributed by atoms with van der Waals surface area (Å²) in [5.74, 6) is 0.318. The molecule has 96 valence electrons. The van der Waals surface area contributed by atoms with Gasteiger partial charge in [0, 0.05) is 5.41 Å². The third kappa shape index (κ3) is 6.67. The molecule has 0 amide bonds. The second-order valence-corrected chi connectivity index (χ2v) is 4.93. The minimum absolute atomic E-state index is 0.208. The Balaban J connectivity index is 3.51. The van der Waals surface area contributed by atoms with Crippen LogP contribution in [0.2, 0.25) is 0 Å². The van der Waals surface area contributed by atoms with Gasteiger partial charge in [0.2, 0.25) is 0 Å². The Bertz CT molecular complexity index is 202. The molecule has 0 aromatic carbocycles. The summed E-state index contributed by atoms with van der Waals surface area (Å²) < 4.78 is 0. The summed E-state index contributed by atoms with van der Waals surface area (Å²) in [6.07, 6.45) is 5.79. The Morgan fingerprint density at radius 2 is 1.88 bits per heavy atom. The van der Waals surface area contributed by atoms with E-state index < -0.39 is 0 Å². The van der Waals surface area contributed by atoms with E-state index in [0.29, 0.717) is 5.84 Å². The van der Waals surface area contributed by atoms with E-state index in [9.17, 15) is 0 Å². The Hall–Kier alpha value is -0.770. The Morgan fingerprint density at radius 3 is 2.44 bits per heavy atom. The van der Waals surface area contributed by atoms with E-state index >= 15 is 0 Å². The van der Waals surface area contributed by atoms with Crippen LogP contribution in [0.5, 0.6) is 0 Å². The maximum absolute atomic E-state index is 8.62. The highest BCUT2D eigenvalue weighted by atomic mass is 16.4. The lowest BCUT2D eigenvalue weighted by atomic mass is 9.86. The first-order chi connectivity index (χ1) is 7.54. The van der Waals surface area contributed by atoms with Crippen LogP contribution in [0.25, 0.3) is 0 Å². The number of rotatable bonds is 9. The molecule has 0 aliphatic carbocycles. The second-order valence-electron chi connectivity index (χ2n) is 4.93. The molecule has 0 rings (SSSR count). The fourth-order valence-corrected chi connectivity index (χ4v) is 1.54. The van der Waals surface area contributed by atoms with Crippen LogP contribution < -0.4 is 11.1 Å². The number of unbranched alkanes of at least 4 members (excludes halogenated alkanes) is 2. The summed E-state index contributed by atoms with van der Waals surface area (Å²) in [7, 11) is 0. The van der Waals surface area contributed by atoms with Crippen LogP contribution in [0.15, 0.2) is 5.16 Å². The van der Waals surface area contributed by atoms with E-state index in [1.165, 1.54) is 19.3 Å². The molecule has 0 saturated heterocycles. The zero-order valence-corrected chi connectivity index (χ0v) is 10.9. The molecular weight excluding hydrogens is 202 g/mol. The molecule has 0 spiro atoms. The molecule has 4 heteroatoms. The van der Waals surface area contributed by atoms with Gasteiger partial charge in [0.05, 0.1) is 0 Å². The lowest BCUT2D eigenvalue weighted by molar-refractivity contribution is 0.304. The normalized spacial score (nSPS) is 13.1. The van der Waals surface area contributed by atoms with Gasteiger partial charge < -0.3 is 16.3 Å². The van der Waals surface area contributed by atoms with Crippen molar-refractivity contribution in [1.29, 1.82) is 0 Å². The van der Waals surface area contributed by atoms with E-state index in [1.54, 1.807) is 0 Å². The molecule has 0 atom stereocenters. The molecule has 0 fully saturated rings. The van der Waals surface area contributed by atoms with Crippen molar-refractivity contribution in [3.63, 3.8) is 0 Å². The average molecular weight is 229 g/mol. The molecule has 0 aromatic heterocycles. The van der Waals surface area contributed by atoms with Crippen LogP contribution in [0.4, 0.5) is 0 Å². The van der Waals surface area contributed by atoms with E-state index in [1.807, 2.05) is 13.8 Å². The van der Waals surface area contributed by atoms with Gasteiger partial charge in [0.15, 0.2) is 0 Å². The lowest BCUT2D eigenvalue weighted by Gasteiger charge is -2.22. The third-order valence-corrected chi connectivity index (χ3v) is 2.91. The predicted octanol–water partition coefficient (Wildman–Crippen LogP) is 2.32. The fraction of sp³-hybridized carbons (Fsp3) is 0.917. The Morgan fingerprint density at radius 1 is 1.25 bits per heavy atom. The van der Waals surface area contributed by atoms with Crippen LogP contribution in [0.3, 0.4) is 0 Å². The highest BCUT2D eigenvalue weighted by molar-refractivity contribution is 5.85.